The molecule has 2 aromatic rings. The van der Waals surface area contributed by atoms with Gasteiger partial charge in [-0.1, -0.05) is 48.9 Å². The van der Waals surface area contributed by atoms with Gasteiger partial charge >= 0.3 is 5.97 Å². The average Bonchev–Trinajstić information content (AvgIpc) is 2.88. The summed E-state index contributed by atoms with van der Waals surface area (Å²) in [6.07, 6.45) is 4.64. The minimum Gasteiger partial charge on any atom is -0.476 e. The monoisotopic (exact) mass is 287 g/mol. The van der Waals surface area contributed by atoms with Gasteiger partial charge in [-0.3, -0.25) is 0 Å². The van der Waals surface area contributed by atoms with Crippen LogP contribution in [0.15, 0.2) is 30.3 Å². The van der Waals surface area contributed by atoms with Gasteiger partial charge in [-0.25, -0.2) is 9.48 Å². The molecule has 0 radical (unpaired) electrons. The van der Waals surface area contributed by atoms with Gasteiger partial charge in [0.05, 0.1) is 5.69 Å². The van der Waals surface area contributed by atoms with E-state index in [1.54, 1.807) is 4.68 Å². The maximum Gasteiger partial charge on any atom is 0.358 e. The summed E-state index contributed by atoms with van der Waals surface area (Å²) in [5.41, 5.74) is 2.17. The summed E-state index contributed by atoms with van der Waals surface area (Å²) in [6.45, 7) is 2.75. The lowest BCUT2D eigenvalue weighted by Crippen LogP contribution is -2.08. The molecule has 5 heteroatoms. The summed E-state index contributed by atoms with van der Waals surface area (Å²) >= 11 is 0. The molecule has 0 bridgehead atoms. The number of aryl methyl sites for hydroxylation is 2. The van der Waals surface area contributed by atoms with Crippen molar-refractivity contribution in [1.29, 1.82) is 0 Å². The number of hydrogen-bond acceptors (Lipinski definition) is 3. The topological polar surface area (TPSA) is 68.0 Å². The number of unbranched alkanes of at least 4 members (excludes halogenated alkanes) is 1. The smallest absolute Gasteiger partial charge is 0.358 e. The molecule has 0 spiro atoms. The summed E-state index contributed by atoms with van der Waals surface area (Å²) in [6, 6.07) is 10.4. The van der Waals surface area contributed by atoms with Gasteiger partial charge < -0.3 is 5.11 Å². The van der Waals surface area contributed by atoms with E-state index in [1.807, 2.05) is 25.1 Å². The van der Waals surface area contributed by atoms with Crippen LogP contribution in [0.4, 0.5) is 0 Å². The molecule has 0 aliphatic heterocycles. The first kappa shape index (κ1) is 15.2. The standard InChI is InChI=1S/C16H21N3O2/c1-2-8-14-15(16(20)21)17-18-19(14)12-7-6-11-13-9-4-3-5-10-13/h3-5,9-10H,2,6-8,11-12H2,1H3,(H,20,21). The van der Waals surface area contributed by atoms with Crippen LogP contribution in [0.2, 0.25) is 0 Å². The lowest BCUT2D eigenvalue weighted by atomic mass is 10.1. The van der Waals surface area contributed by atoms with Gasteiger partial charge in [-0.2, -0.15) is 0 Å². The highest BCUT2D eigenvalue weighted by atomic mass is 16.4. The Labute approximate surface area is 124 Å². The molecule has 1 aromatic heterocycles. The van der Waals surface area contributed by atoms with Crippen molar-refractivity contribution in [3.63, 3.8) is 0 Å². The number of carboxylic acids is 1. The molecule has 0 saturated heterocycles. The number of carboxylic acid groups (broad SMARTS) is 1. The highest BCUT2D eigenvalue weighted by Gasteiger charge is 2.17. The fourth-order valence-corrected chi connectivity index (χ4v) is 2.40. The maximum absolute atomic E-state index is 11.1. The summed E-state index contributed by atoms with van der Waals surface area (Å²) in [7, 11) is 0. The second-order valence-corrected chi connectivity index (χ2v) is 5.11. The second kappa shape index (κ2) is 7.57. The van der Waals surface area contributed by atoms with E-state index in [-0.39, 0.29) is 5.69 Å². The Morgan fingerprint density at radius 2 is 1.95 bits per heavy atom. The van der Waals surface area contributed by atoms with E-state index in [4.69, 9.17) is 5.11 Å². The van der Waals surface area contributed by atoms with Crippen molar-refractivity contribution in [2.45, 2.75) is 45.6 Å². The van der Waals surface area contributed by atoms with Crippen LogP contribution in [-0.2, 0) is 19.4 Å². The highest BCUT2D eigenvalue weighted by molar-refractivity contribution is 5.86. The number of aromatic carboxylic acids is 1. The number of benzene rings is 1. The Morgan fingerprint density at radius 1 is 1.19 bits per heavy atom. The molecule has 0 atom stereocenters. The van der Waals surface area contributed by atoms with Crippen molar-refractivity contribution >= 4 is 5.97 Å². The van der Waals surface area contributed by atoms with Crippen molar-refractivity contribution in [1.82, 2.24) is 15.0 Å². The van der Waals surface area contributed by atoms with Crippen molar-refractivity contribution in [2.24, 2.45) is 0 Å². The zero-order valence-corrected chi connectivity index (χ0v) is 12.3. The third kappa shape index (κ3) is 4.15. The molecule has 0 aliphatic rings. The maximum atomic E-state index is 11.1. The van der Waals surface area contributed by atoms with Gasteiger partial charge in [0.2, 0.25) is 0 Å². The van der Waals surface area contributed by atoms with Gasteiger partial charge in [0.25, 0.3) is 0 Å². The van der Waals surface area contributed by atoms with Crippen LogP contribution in [0, 0.1) is 0 Å². The second-order valence-electron chi connectivity index (χ2n) is 5.11. The van der Waals surface area contributed by atoms with Crippen LogP contribution in [0.3, 0.4) is 0 Å². The van der Waals surface area contributed by atoms with Gasteiger partial charge in [0, 0.05) is 6.54 Å². The molecule has 1 aromatic carbocycles. The molecular formula is C16H21N3O2. The Morgan fingerprint density at radius 3 is 2.62 bits per heavy atom. The number of hydrogen-bond donors (Lipinski definition) is 1. The van der Waals surface area contributed by atoms with E-state index in [1.165, 1.54) is 5.56 Å². The van der Waals surface area contributed by atoms with Gasteiger partial charge in [-0.05, 0) is 31.2 Å². The summed E-state index contributed by atoms with van der Waals surface area (Å²) in [4.78, 5) is 11.1. The normalized spacial score (nSPS) is 10.7. The average molecular weight is 287 g/mol. The van der Waals surface area contributed by atoms with E-state index in [2.05, 4.69) is 22.4 Å². The van der Waals surface area contributed by atoms with Crippen LogP contribution in [-0.4, -0.2) is 26.1 Å². The minimum absolute atomic E-state index is 0.0971. The SMILES string of the molecule is CCCc1c(C(=O)O)nnn1CCCCc1ccccc1. The fraction of sp³-hybridized carbons (Fsp3) is 0.438. The molecule has 0 unspecified atom stereocenters. The Bertz CT molecular complexity index is 578. The number of aromatic nitrogens is 3. The van der Waals surface area contributed by atoms with E-state index in [9.17, 15) is 4.79 Å². The molecular weight excluding hydrogens is 266 g/mol. The first-order valence-electron chi connectivity index (χ1n) is 7.42. The largest absolute Gasteiger partial charge is 0.476 e. The Hall–Kier alpha value is -2.17. The van der Waals surface area contributed by atoms with E-state index in [0.29, 0.717) is 6.42 Å². The molecule has 1 heterocycles. The quantitative estimate of drug-likeness (QED) is 0.758. The summed E-state index contributed by atoms with van der Waals surface area (Å²) in [5, 5.41) is 16.9. The van der Waals surface area contributed by atoms with Crippen LogP contribution >= 0.6 is 0 Å². The lowest BCUT2D eigenvalue weighted by Gasteiger charge is -2.06. The lowest BCUT2D eigenvalue weighted by molar-refractivity contribution is 0.0689. The minimum atomic E-state index is -0.992. The fourth-order valence-electron chi connectivity index (χ4n) is 2.40. The predicted molar refractivity (Wildman–Crippen MR) is 80.4 cm³/mol. The first-order chi connectivity index (χ1) is 10.2. The summed E-state index contributed by atoms with van der Waals surface area (Å²) in [5.74, 6) is -0.992. The molecule has 0 amide bonds. The molecule has 0 saturated carbocycles. The van der Waals surface area contributed by atoms with E-state index >= 15 is 0 Å². The van der Waals surface area contributed by atoms with Crippen LogP contribution in [0.1, 0.15) is 47.9 Å². The molecule has 21 heavy (non-hydrogen) atoms. The van der Waals surface area contributed by atoms with Crippen LogP contribution < -0.4 is 0 Å². The highest BCUT2D eigenvalue weighted by Crippen LogP contribution is 2.11. The van der Waals surface area contributed by atoms with Crippen LogP contribution in [0.5, 0.6) is 0 Å². The molecule has 0 aliphatic carbocycles. The van der Waals surface area contributed by atoms with Crippen molar-refractivity contribution in [3.05, 3.63) is 47.3 Å². The molecule has 5 nitrogen and oxygen atoms in total. The van der Waals surface area contributed by atoms with Crippen LogP contribution in [0.25, 0.3) is 0 Å². The molecule has 1 N–H and O–H groups in total. The van der Waals surface area contributed by atoms with Crippen molar-refractivity contribution < 1.29 is 9.90 Å². The van der Waals surface area contributed by atoms with E-state index < -0.39 is 5.97 Å². The van der Waals surface area contributed by atoms with E-state index in [0.717, 1.165) is 37.9 Å². The summed E-state index contributed by atoms with van der Waals surface area (Å²) < 4.78 is 1.75. The van der Waals surface area contributed by atoms with Gasteiger partial charge in [-0.15, -0.1) is 5.10 Å². The van der Waals surface area contributed by atoms with Crippen molar-refractivity contribution in [3.8, 4) is 0 Å². The zero-order valence-electron chi connectivity index (χ0n) is 12.3. The number of carbonyl (C=O) groups is 1. The third-order valence-corrected chi connectivity index (χ3v) is 3.46. The zero-order chi connectivity index (χ0) is 15.1. The Balaban J connectivity index is 1.89. The van der Waals surface area contributed by atoms with Gasteiger partial charge in [0.1, 0.15) is 0 Å². The van der Waals surface area contributed by atoms with Crippen molar-refractivity contribution in [2.75, 3.05) is 0 Å². The third-order valence-electron chi connectivity index (χ3n) is 3.46. The molecule has 0 fully saturated rings. The predicted octanol–water partition coefficient (Wildman–Crippen LogP) is 2.95. The van der Waals surface area contributed by atoms with Gasteiger partial charge in [0.15, 0.2) is 5.69 Å². The number of nitrogens with zero attached hydrogens (tertiary/aromatic N) is 3. The molecule has 112 valence electrons. The Kier molecular flexibility index (Phi) is 5.49. The molecule has 2 rings (SSSR count). The first-order valence-corrected chi connectivity index (χ1v) is 7.42. The number of rotatable bonds is 8.